The van der Waals surface area contributed by atoms with Crippen LogP contribution in [0, 0.1) is 16.7 Å². The molecule has 1 aromatic carbocycles. The summed E-state index contributed by atoms with van der Waals surface area (Å²) in [7, 11) is 0. The first-order valence-electron chi connectivity index (χ1n) is 6.78. The number of carbonyl (C=O) groups is 1. The van der Waals surface area contributed by atoms with Crippen LogP contribution in [-0.2, 0) is 9.53 Å². The van der Waals surface area contributed by atoms with E-state index in [2.05, 4.69) is 26.1 Å². The lowest BCUT2D eigenvalue weighted by Crippen LogP contribution is -2.15. The molecule has 0 aliphatic heterocycles. The second-order valence-electron chi connectivity index (χ2n) is 5.91. The summed E-state index contributed by atoms with van der Waals surface area (Å²) in [5.41, 5.74) is 1.53. The molecular formula is C16H22N2O2. The summed E-state index contributed by atoms with van der Waals surface area (Å²) in [6, 6.07) is 8.83. The molecule has 4 heteroatoms. The Labute approximate surface area is 120 Å². The number of hydrogen-bond acceptors (Lipinski definition) is 3. The maximum atomic E-state index is 11.7. The number of amides is 1. The Bertz CT molecular complexity index is 467. The highest BCUT2D eigenvalue weighted by Crippen LogP contribution is 2.17. The Hall–Kier alpha value is -1.86. The van der Waals surface area contributed by atoms with Gasteiger partial charge in [-0.2, -0.15) is 5.26 Å². The maximum Gasteiger partial charge on any atom is 0.226 e. The molecule has 1 amide bonds. The van der Waals surface area contributed by atoms with Crippen LogP contribution in [0.1, 0.15) is 39.2 Å². The van der Waals surface area contributed by atoms with Crippen molar-refractivity contribution in [1.29, 1.82) is 5.26 Å². The lowest BCUT2D eigenvalue weighted by Gasteiger charge is -2.17. The Morgan fingerprint density at radius 1 is 1.25 bits per heavy atom. The predicted octanol–water partition coefficient (Wildman–Crippen LogP) is 3.34. The molecule has 108 valence electrons. The number of ether oxygens (including phenoxy) is 1. The van der Waals surface area contributed by atoms with E-state index >= 15 is 0 Å². The van der Waals surface area contributed by atoms with Gasteiger partial charge < -0.3 is 10.1 Å². The normalized spacial score (nSPS) is 10.9. The number of carbonyl (C=O) groups excluding carboxylic acids is 1. The summed E-state index contributed by atoms with van der Waals surface area (Å²) in [4.78, 5) is 11.7. The molecule has 0 saturated heterocycles. The third kappa shape index (κ3) is 6.91. The summed E-state index contributed by atoms with van der Waals surface area (Å²) in [6.07, 6.45) is 1.31. The number of nitrogens with one attached hydrogen (secondary N) is 1. The molecule has 0 heterocycles. The molecule has 1 N–H and O–H groups in total. The van der Waals surface area contributed by atoms with Gasteiger partial charge in [0.2, 0.25) is 5.91 Å². The van der Waals surface area contributed by atoms with Gasteiger partial charge in [0.25, 0.3) is 0 Å². The number of nitriles is 1. The van der Waals surface area contributed by atoms with E-state index in [-0.39, 0.29) is 11.3 Å². The van der Waals surface area contributed by atoms with Crippen molar-refractivity contribution >= 4 is 11.6 Å². The van der Waals surface area contributed by atoms with Gasteiger partial charge in [0.05, 0.1) is 24.7 Å². The minimum Gasteiger partial charge on any atom is -0.381 e. The van der Waals surface area contributed by atoms with Crippen molar-refractivity contribution in [2.24, 2.45) is 5.41 Å². The van der Waals surface area contributed by atoms with Gasteiger partial charge in [-0.05, 0) is 36.1 Å². The topological polar surface area (TPSA) is 62.1 Å². The molecule has 1 aromatic rings. The minimum absolute atomic E-state index is 0.0783. The highest BCUT2D eigenvalue weighted by Gasteiger charge is 2.09. The molecule has 0 aliphatic carbocycles. The van der Waals surface area contributed by atoms with Gasteiger partial charge in [0.1, 0.15) is 0 Å². The van der Waals surface area contributed by atoms with E-state index in [1.165, 1.54) is 0 Å². The van der Waals surface area contributed by atoms with Crippen LogP contribution in [0.15, 0.2) is 24.3 Å². The summed E-state index contributed by atoms with van der Waals surface area (Å²) < 4.78 is 5.45. The third-order valence-electron chi connectivity index (χ3n) is 2.77. The van der Waals surface area contributed by atoms with Crippen molar-refractivity contribution in [2.45, 2.75) is 33.6 Å². The molecule has 0 fully saturated rings. The van der Waals surface area contributed by atoms with Crippen LogP contribution in [0.4, 0.5) is 5.69 Å². The van der Waals surface area contributed by atoms with Gasteiger partial charge in [0.15, 0.2) is 0 Å². The molecule has 4 nitrogen and oxygen atoms in total. The maximum absolute atomic E-state index is 11.7. The van der Waals surface area contributed by atoms with Gasteiger partial charge in [-0.1, -0.05) is 20.8 Å². The molecule has 1 rings (SSSR count). The smallest absolute Gasteiger partial charge is 0.226 e. The van der Waals surface area contributed by atoms with Crippen LogP contribution in [0.2, 0.25) is 0 Å². The quantitative estimate of drug-likeness (QED) is 0.809. The molecule has 0 unspecified atom stereocenters. The zero-order valence-electron chi connectivity index (χ0n) is 12.4. The molecule has 0 aliphatic rings. The second-order valence-corrected chi connectivity index (χ2v) is 5.91. The van der Waals surface area contributed by atoms with Crippen molar-refractivity contribution in [3.63, 3.8) is 0 Å². The molecular weight excluding hydrogens is 252 g/mol. The van der Waals surface area contributed by atoms with E-state index in [1.54, 1.807) is 24.3 Å². The highest BCUT2D eigenvalue weighted by atomic mass is 16.5. The van der Waals surface area contributed by atoms with Crippen LogP contribution >= 0.6 is 0 Å². The van der Waals surface area contributed by atoms with Gasteiger partial charge in [-0.15, -0.1) is 0 Å². The first kappa shape index (κ1) is 16.2. The highest BCUT2D eigenvalue weighted by molar-refractivity contribution is 5.90. The van der Waals surface area contributed by atoms with Gasteiger partial charge in [-0.3, -0.25) is 4.79 Å². The SMILES string of the molecule is CC(C)(C)CCOCCC(=O)Nc1ccc(C#N)cc1. The van der Waals surface area contributed by atoms with E-state index in [9.17, 15) is 4.79 Å². The van der Waals surface area contributed by atoms with Crippen molar-refractivity contribution in [3.05, 3.63) is 29.8 Å². The number of benzene rings is 1. The first-order chi connectivity index (χ1) is 9.40. The molecule has 0 aromatic heterocycles. The van der Waals surface area contributed by atoms with Gasteiger partial charge >= 0.3 is 0 Å². The zero-order chi connectivity index (χ0) is 15.0. The number of anilines is 1. The Morgan fingerprint density at radius 3 is 2.45 bits per heavy atom. The predicted molar refractivity (Wildman–Crippen MR) is 79.3 cm³/mol. The van der Waals surface area contributed by atoms with E-state index < -0.39 is 0 Å². The van der Waals surface area contributed by atoms with E-state index in [4.69, 9.17) is 10.00 Å². The summed E-state index contributed by atoms with van der Waals surface area (Å²) in [6.45, 7) is 7.59. The Kier molecular flexibility index (Phi) is 6.20. The lowest BCUT2D eigenvalue weighted by molar-refractivity contribution is -0.117. The van der Waals surface area contributed by atoms with Gasteiger partial charge in [0, 0.05) is 12.3 Å². The number of rotatable bonds is 6. The first-order valence-corrected chi connectivity index (χ1v) is 6.78. The molecule has 20 heavy (non-hydrogen) atoms. The fourth-order valence-corrected chi connectivity index (χ4v) is 1.50. The van der Waals surface area contributed by atoms with E-state index in [0.29, 0.717) is 30.9 Å². The summed E-state index contributed by atoms with van der Waals surface area (Å²) in [5, 5.41) is 11.5. The molecule has 0 spiro atoms. The standard InChI is InChI=1S/C16H22N2O2/c1-16(2,3)9-11-20-10-8-15(19)18-14-6-4-13(12-17)5-7-14/h4-7H,8-11H2,1-3H3,(H,18,19). The summed E-state index contributed by atoms with van der Waals surface area (Å²) in [5.74, 6) is -0.0783. The van der Waals surface area contributed by atoms with Crippen molar-refractivity contribution in [3.8, 4) is 6.07 Å². The number of nitrogens with zero attached hydrogens (tertiary/aromatic N) is 1. The van der Waals surface area contributed by atoms with Crippen LogP contribution < -0.4 is 5.32 Å². The Balaban J connectivity index is 2.22. The lowest BCUT2D eigenvalue weighted by atomic mass is 9.93. The summed E-state index contributed by atoms with van der Waals surface area (Å²) >= 11 is 0. The minimum atomic E-state index is -0.0783. The monoisotopic (exact) mass is 274 g/mol. The van der Waals surface area contributed by atoms with Crippen molar-refractivity contribution in [1.82, 2.24) is 0 Å². The van der Waals surface area contributed by atoms with Gasteiger partial charge in [-0.25, -0.2) is 0 Å². The molecule has 0 bridgehead atoms. The average molecular weight is 274 g/mol. The average Bonchev–Trinajstić information content (AvgIpc) is 2.38. The van der Waals surface area contributed by atoms with Crippen molar-refractivity contribution in [2.75, 3.05) is 18.5 Å². The Morgan fingerprint density at radius 2 is 1.90 bits per heavy atom. The number of hydrogen-bond donors (Lipinski definition) is 1. The largest absolute Gasteiger partial charge is 0.381 e. The zero-order valence-corrected chi connectivity index (χ0v) is 12.4. The van der Waals surface area contributed by atoms with Crippen LogP contribution in [0.5, 0.6) is 0 Å². The molecule has 0 radical (unpaired) electrons. The second kappa shape index (κ2) is 7.66. The third-order valence-corrected chi connectivity index (χ3v) is 2.77. The van der Waals surface area contributed by atoms with Crippen LogP contribution in [0.3, 0.4) is 0 Å². The molecule has 0 saturated carbocycles. The van der Waals surface area contributed by atoms with Crippen LogP contribution in [0.25, 0.3) is 0 Å². The van der Waals surface area contributed by atoms with E-state index in [1.807, 2.05) is 6.07 Å². The fourth-order valence-electron chi connectivity index (χ4n) is 1.50. The van der Waals surface area contributed by atoms with Crippen molar-refractivity contribution < 1.29 is 9.53 Å². The van der Waals surface area contributed by atoms with Crippen LogP contribution in [-0.4, -0.2) is 19.1 Å². The molecule has 0 atom stereocenters. The van der Waals surface area contributed by atoms with E-state index in [0.717, 1.165) is 6.42 Å². The fraction of sp³-hybridized carbons (Fsp3) is 0.500.